The zero-order valence-electron chi connectivity index (χ0n) is 25.7. The summed E-state index contributed by atoms with van der Waals surface area (Å²) in [7, 11) is 1.63. The van der Waals surface area contributed by atoms with Crippen molar-refractivity contribution in [1.29, 1.82) is 5.26 Å². The maximum Gasteiger partial charge on any atom is 0.573 e. The van der Waals surface area contributed by atoms with Crippen molar-refractivity contribution in [2.24, 2.45) is 4.99 Å². The molecule has 0 atom stereocenters. The highest BCUT2D eigenvalue weighted by Gasteiger charge is 2.31. The average molecular weight is 662 g/mol. The van der Waals surface area contributed by atoms with Gasteiger partial charge in [-0.15, -0.1) is 18.3 Å². The summed E-state index contributed by atoms with van der Waals surface area (Å²) in [5.74, 6) is 1.84. The number of hydrogen-bond acceptors (Lipinski definition) is 7. The molecule has 0 aliphatic carbocycles. The topological polar surface area (TPSA) is 118 Å². The zero-order valence-corrected chi connectivity index (χ0v) is 26.5. The molecule has 1 aliphatic heterocycles. The number of nitrogens with one attached hydrogen (secondary N) is 1. The number of thioether (sulfide) groups is 1. The van der Waals surface area contributed by atoms with Gasteiger partial charge in [-0.25, -0.2) is 14.5 Å². The lowest BCUT2D eigenvalue weighted by molar-refractivity contribution is -0.274. The Kier molecular flexibility index (Phi) is 10.2. The summed E-state index contributed by atoms with van der Waals surface area (Å²) in [5.41, 5.74) is 3.97. The van der Waals surface area contributed by atoms with E-state index in [1.165, 1.54) is 53.2 Å². The van der Waals surface area contributed by atoms with E-state index in [2.05, 4.69) is 45.0 Å². The van der Waals surface area contributed by atoms with Gasteiger partial charge in [0, 0.05) is 29.7 Å². The van der Waals surface area contributed by atoms with Crippen LogP contribution in [0.15, 0.2) is 84.2 Å². The molecule has 2 amide bonds. The largest absolute Gasteiger partial charge is 0.573 e. The van der Waals surface area contributed by atoms with Crippen molar-refractivity contribution < 1.29 is 27.4 Å². The Morgan fingerprint density at radius 2 is 1.83 bits per heavy atom. The van der Waals surface area contributed by atoms with Gasteiger partial charge in [0.05, 0.1) is 18.4 Å². The maximum absolute atomic E-state index is 12.9. The molecule has 2 heterocycles. The predicted molar refractivity (Wildman–Crippen MR) is 175 cm³/mol. The number of amidine groups is 1. The molecule has 0 bridgehead atoms. The highest BCUT2D eigenvalue weighted by Crippen LogP contribution is 2.35. The SMILES string of the molecule is COc1ccc(N2CCCSC2=NC(=O)N/C=C(\C#N)c2ccc(-c3ncn(-c4ccc(OC(F)(F)F)cc4)n3)cc2)c(C(C)C)c1. The van der Waals surface area contributed by atoms with Crippen molar-refractivity contribution in [1.82, 2.24) is 20.1 Å². The van der Waals surface area contributed by atoms with Crippen molar-refractivity contribution in [3.05, 3.63) is 90.4 Å². The first kappa shape index (κ1) is 33.1. The molecular weight excluding hydrogens is 631 g/mol. The molecule has 10 nitrogen and oxygen atoms in total. The van der Waals surface area contributed by atoms with Gasteiger partial charge in [0.1, 0.15) is 23.9 Å². The molecule has 5 rings (SSSR count). The number of hydrogen-bond donors (Lipinski definition) is 1. The molecule has 4 aromatic rings. The number of aliphatic imine (C=N–C) groups is 1. The fourth-order valence-electron chi connectivity index (χ4n) is 4.80. The minimum Gasteiger partial charge on any atom is -0.497 e. The Hall–Kier alpha value is -5.29. The Morgan fingerprint density at radius 3 is 2.49 bits per heavy atom. The quantitative estimate of drug-likeness (QED) is 0.193. The van der Waals surface area contributed by atoms with Gasteiger partial charge in [-0.05, 0) is 65.9 Å². The van der Waals surface area contributed by atoms with Crippen molar-refractivity contribution >= 4 is 34.2 Å². The smallest absolute Gasteiger partial charge is 0.497 e. The molecule has 0 unspecified atom stereocenters. The molecule has 1 aliphatic rings. The van der Waals surface area contributed by atoms with Crippen LogP contribution in [0.25, 0.3) is 22.6 Å². The van der Waals surface area contributed by atoms with Crippen molar-refractivity contribution in [3.8, 4) is 34.6 Å². The Bertz CT molecular complexity index is 1830. The molecule has 3 aromatic carbocycles. The molecule has 0 radical (unpaired) electrons. The van der Waals surface area contributed by atoms with Crippen LogP contribution in [-0.2, 0) is 0 Å². The number of benzene rings is 3. The highest BCUT2D eigenvalue weighted by molar-refractivity contribution is 8.14. The molecule has 1 saturated heterocycles. The minimum absolute atomic E-state index is 0.218. The summed E-state index contributed by atoms with van der Waals surface area (Å²) >= 11 is 1.50. The van der Waals surface area contributed by atoms with E-state index in [4.69, 9.17) is 4.74 Å². The number of rotatable bonds is 8. The number of halogens is 3. The van der Waals surface area contributed by atoms with Crippen LogP contribution in [0.2, 0.25) is 0 Å². The summed E-state index contributed by atoms with van der Waals surface area (Å²) in [5, 5.41) is 17.4. The van der Waals surface area contributed by atoms with Gasteiger partial charge in [-0.2, -0.15) is 10.3 Å². The van der Waals surface area contributed by atoms with Crippen molar-refractivity contribution in [2.75, 3.05) is 24.3 Å². The molecule has 1 aromatic heterocycles. The number of nitriles is 1. The second-order valence-electron chi connectivity index (χ2n) is 10.6. The number of urea groups is 1. The van der Waals surface area contributed by atoms with Crippen molar-refractivity contribution in [3.63, 3.8) is 0 Å². The van der Waals surface area contributed by atoms with E-state index in [9.17, 15) is 23.2 Å². The van der Waals surface area contributed by atoms with Gasteiger partial charge >= 0.3 is 12.4 Å². The normalized spacial score (nSPS) is 14.6. The fourth-order valence-corrected chi connectivity index (χ4v) is 5.74. The summed E-state index contributed by atoms with van der Waals surface area (Å²) in [6.07, 6.45) is -1.08. The van der Waals surface area contributed by atoms with Gasteiger partial charge in [0.15, 0.2) is 11.0 Å². The number of amides is 2. The number of aromatic nitrogens is 3. The number of allylic oxidation sites excluding steroid dienone is 1. The standard InChI is InChI=1S/C33H30F3N7O3S/c1-21(2)28-17-27(45-3)13-14-29(28)42-15-4-16-47-32(42)40-31(44)38-19-24(18-37)22-5-7-23(8-6-22)30-39-20-43(41-30)25-9-11-26(12-10-25)46-33(34,35)36/h5-14,17,19-21H,4,15-16H2,1-3H3,(H,38,44)/b24-19+,40-32?. The van der Waals surface area contributed by atoms with E-state index in [1.54, 1.807) is 31.4 Å². The summed E-state index contributed by atoms with van der Waals surface area (Å²) in [6.45, 7) is 4.92. The number of nitrogens with zero attached hydrogens (tertiary/aromatic N) is 6. The molecule has 1 N–H and O–H groups in total. The minimum atomic E-state index is -4.78. The van der Waals surface area contributed by atoms with E-state index in [1.807, 2.05) is 23.1 Å². The first-order valence-corrected chi connectivity index (χ1v) is 15.5. The van der Waals surface area contributed by atoms with Crippen LogP contribution in [0, 0.1) is 11.3 Å². The van der Waals surface area contributed by atoms with Crippen LogP contribution in [0.4, 0.5) is 23.7 Å². The number of anilines is 1. The fraction of sp³-hybridized carbons (Fsp3) is 0.242. The molecular formula is C33H30F3N7O3S. The van der Waals surface area contributed by atoms with E-state index in [-0.39, 0.29) is 17.2 Å². The lowest BCUT2D eigenvalue weighted by Crippen LogP contribution is -2.36. The molecule has 1 fully saturated rings. The summed E-state index contributed by atoms with van der Waals surface area (Å²) in [6, 6.07) is 19.5. The molecule has 14 heteroatoms. The monoisotopic (exact) mass is 661 g/mol. The van der Waals surface area contributed by atoms with Gasteiger partial charge in [0.2, 0.25) is 0 Å². The summed E-state index contributed by atoms with van der Waals surface area (Å²) in [4.78, 5) is 23.6. The van der Waals surface area contributed by atoms with E-state index in [0.29, 0.717) is 34.4 Å². The van der Waals surface area contributed by atoms with Crippen LogP contribution >= 0.6 is 11.8 Å². The Balaban J connectivity index is 1.27. The Morgan fingerprint density at radius 1 is 1.11 bits per heavy atom. The number of carbonyl (C=O) groups is 1. The molecule has 47 heavy (non-hydrogen) atoms. The van der Waals surface area contributed by atoms with Crippen molar-refractivity contribution in [2.45, 2.75) is 32.5 Å². The third-order valence-electron chi connectivity index (χ3n) is 7.07. The number of carbonyl (C=O) groups excluding carboxylic acids is 1. The van der Waals surface area contributed by atoms with Gasteiger partial charge < -0.3 is 19.7 Å². The number of alkyl halides is 3. The second kappa shape index (κ2) is 14.4. The lowest BCUT2D eigenvalue weighted by atomic mass is 10.00. The van der Waals surface area contributed by atoms with Crippen LogP contribution in [0.3, 0.4) is 0 Å². The van der Waals surface area contributed by atoms with E-state index < -0.39 is 12.4 Å². The van der Waals surface area contributed by atoms with Crippen LogP contribution in [0.1, 0.15) is 37.3 Å². The number of methoxy groups -OCH3 is 1. The predicted octanol–water partition coefficient (Wildman–Crippen LogP) is 7.54. The summed E-state index contributed by atoms with van der Waals surface area (Å²) < 4.78 is 48.0. The molecule has 0 saturated carbocycles. The zero-order chi connectivity index (χ0) is 33.6. The van der Waals surface area contributed by atoms with Gasteiger partial charge in [-0.1, -0.05) is 49.9 Å². The lowest BCUT2D eigenvalue weighted by Gasteiger charge is -2.32. The van der Waals surface area contributed by atoms with Crippen LogP contribution in [0.5, 0.6) is 11.5 Å². The second-order valence-corrected chi connectivity index (χ2v) is 11.6. The van der Waals surface area contributed by atoms with Crippen LogP contribution in [-0.4, -0.2) is 51.7 Å². The molecule has 242 valence electrons. The molecule has 0 spiro atoms. The Labute approximate surface area is 273 Å². The first-order chi connectivity index (χ1) is 22.5. The third kappa shape index (κ3) is 8.30. The van der Waals surface area contributed by atoms with Gasteiger partial charge in [0.25, 0.3) is 0 Å². The van der Waals surface area contributed by atoms with Gasteiger partial charge in [-0.3, -0.25) is 0 Å². The third-order valence-corrected chi connectivity index (χ3v) is 8.14. The van der Waals surface area contributed by atoms with Crippen LogP contribution < -0.4 is 19.7 Å². The highest BCUT2D eigenvalue weighted by atomic mass is 32.2. The average Bonchev–Trinajstić information content (AvgIpc) is 3.55. The maximum atomic E-state index is 12.9. The first-order valence-electron chi connectivity index (χ1n) is 14.5. The van der Waals surface area contributed by atoms with E-state index >= 15 is 0 Å². The van der Waals surface area contributed by atoms with E-state index in [0.717, 1.165) is 29.2 Å². The number of ether oxygens (including phenoxy) is 2.